The maximum Gasteiger partial charge on any atom is 0.259 e. The zero-order valence-electron chi connectivity index (χ0n) is 9.45. The molecule has 6 heteroatoms. The highest BCUT2D eigenvalue weighted by Crippen LogP contribution is 2.25. The summed E-state index contributed by atoms with van der Waals surface area (Å²) in [6.07, 6.45) is 0. The van der Waals surface area contributed by atoms with Gasteiger partial charge in [-0.15, -0.1) is 0 Å². The third kappa shape index (κ3) is 3.62. The van der Waals surface area contributed by atoms with Gasteiger partial charge in [0, 0.05) is 20.2 Å². The maximum absolute atomic E-state index is 12.0. The number of carbonyl (C=O) groups excluding carboxylic acids is 1. The third-order valence-corrected chi connectivity index (χ3v) is 3.23. The predicted octanol–water partition coefficient (Wildman–Crippen LogP) is 4.71. The van der Waals surface area contributed by atoms with Gasteiger partial charge in [-0.25, -0.2) is 0 Å². The summed E-state index contributed by atoms with van der Waals surface area (Å²) < 4.78 is 0.741. The Kier molecular flexibility index (Phi) is 4.34. The summed E-state index contributed by atoms with van der Waals surface area (Å²) in [5, 5.41) is 13.1. The Morgan fingerprint density at radius 2 is 1.84 bits per heavy atom. The van der Waals surface area contributed by atoms with Crippen molar-refractivity contribution in [2.45, 2.75) is 0 Å². The number of nitrogens with one attached hydrogen (secondary N) is 1. The van der Waals surface area contributed by atoms with E-state index >= 15 is 0 Å². The fraction of sp³-hybridized carbons (Fsp3) is 0. The van der Waals surface area contributed by atoms with E-state index in [9.17, 15) is 9.90 Å². The van der Waals surface area contributed by atoms with Crippen molar-refractivity contribution in [2.75, 3.05) is 5.32 Å². The number of hydrogen-bond acceptors (Lipinski definition) is 2. The predicted molar refractivity (Wildman–Crippen MR) is 80.2 cm³/mol. The fourth-order valence-electron chi connectivity index (χ4n) is 1.51. The lowest BCUT2D eigenvalue weighted by Gasteiger charge is -2.08. The van der Waals surface area contributed by atoms with Gasteiger partial charge >= 0.3 is 0 Å². The van der Waals surface area contributed by atoms with Crippen molar-refractivity contribution in [1.82, 2.24) is 0 Å². The van der Waals surface area contributed by atoms with Crippen molar-refractivity contribution in [3.63, 3.8) is 0 Å². The fourth-order valence-corrected chi connectivity index (χ4v) is 2.55. The molecule has 0 aliphatic heterocycles. The number of phenolic OH excluding ortho intramolecular Hbond substituents is 1. The van der Waals surface area contributed by atoms with Crippen molar-refractivity contribution >= 4 is 50.7 Å². The maximum atomic E-state index is 12.0. The van der Waals surface area contributed by atoms with Gasteiger partial charge < -0.3 is 10.4 Å². The summed E-state index contributed by atoms with van der Waals surface area (Å²) in [6.45, 7) is 0. The van der Waals surface area contributed by atoms with Crippen molar-refractivity contribution in [3.8, 4) is 5.75 Å². The van der Waals surface area contributed by atoms with E-state index in [-0.39, 0.29) is 11.3 Å². The Labute approximate surface area is 128 Å². The third-order valence-electron chi connectivity index (χ3n) is 2.32. The van der Waals surface area contributed by atoms with E-state index in [0.29, 0.717) is 15.7 Å². The zero-order chi connectivity index (χ0) is 14.0. The second-order valence-electron chi connectivity index (χ2n) is 3.77. The number of anilines is 1. The van der Waals surface area contributed by atoms with E-state index in [1.165, 1.54) is 18.2 Å². The zero-order valence-corrected chi connectivity index (χ0v) is 12.6. The Morgan fingerprint density at radius 3 is 2.53 bits per heavy atom. The van der Waals surface area contributed by atoms with Gasteiger partial charge in [0.25, 0.3) is 5.91 Å². The Morgan fingerprint density at radius 1 is 1.11 bits per heavy atom. The molecule has 19 heavy (non-hydrogen) atoms. The van der Waals surface area contributed by atoms with Crippen LogP contribution in [0.25, 0.3) is 0 Å². The minimum atomic E-state index is -0.464. The molecule has 1 amide bonds. The number of amides is 1. The molecule has 0 heterocycles. The number of aromatic hydroxyl groups is 1. The van der Waals surface area contributed by atoms with Gasteiger partial charge in [-0.2, -0.15) is 0 Å². The first-order valence-electron chi connectivity index (χ1n) is 5.21. The van der Waals surface area contributed by atoms with Crippen molar-refractivity contribution in [3.05, 3.63) is 56.5 Å². The number of benzene rings is 2. The van der Waals surface area contributed by atoms with Crippen LogP contribution in [0.4, 0.5) is 5.69 Å². The number of phenols is 1. The van der Waals surface area contributed by atoms with Crippen molar-refractivity contribution in [1.29, 1.82) is 0 Å². The van der Waals surface area contributed by atoms with E-state index in [2.05, 4.69) is 21.2 Å². The van der Waals surface area contributed by atoms with Crippen LogP contribution in [0.1, 0.15) is 10.4 Å². The van der Waals surface area contributed by atoms with Crippen molar-refractivity contribution < 1.29 is 9.90 Å². The summed E-state index contributed by atoms with van der Waals surface area (Å²) in [4.78, 5) is 12.0. The lowest BCUT2D eigenvalue weighted by molar-refractivity contribution is 0.102. The van der Waals surface area contributed by atoms with Gasteiger partial charge in [0.15, 0.2) is 0 Å². The largest absolute Gasteiger partial charge is 0.507 e. The monoisotopic (exact) mass is 359 g/mol. The highest BCUT2D eigenvalue weighted by molar-refractivity contribution is 9.10. The molecule has 0 aliphatic carbocycles. The molecule has 2 rings (SSSR count). The van der Waals surface area contributed by atoms with E-state index in [4.69, 9.17) is 23.2 Å². The van der Waals surface area contributed by atoms with Gasteiger partial charge in [-0.3, -0.25) is 4.79 Å². The molecule has 2 aromatic carbocycles. The van der Waals surface area contributed by atoms with E-state index in [0.717, 1.165) is 4.47 Å². The molecule has 0 aromatic heterocycles. The highest BCUT2D eigenvalue weighted by Gasteiger charge is 2.12. The minimum absolute atomic E-state index is 0.101. The Bertz CT molecular complexity index is 626. The summed E-state index contributed by atoms with van der Waals surface area (Å²) in [7, 11) is 0. The van der Waals surface area contributed by atoms with Crippen LogP contribution in [-0.4, -0.2) is 11.0 Å². The molecule has 3 nitrogen and oxygen atoms in total. The molecule has 0 radical (unpaired) electrons. The molecule has 0 fully saturated rings. The number of hydrogen-bond donors (Lipinski definition) is 2. The second kappa shape index (κ2) is 5.82. The lowest BCUT2D eigenvalue weighted by atomic mass is 10.2. The minimum Gasteiger partial charge on any atom is -0.507 e. The van der Waals surface area contributed by atoms with Gasteiger partial charge in [-0.1, -0.05) is 39.1 Å². The molecule has 0 aliphatic rings. The molecule has 98 valence electrons. The molecule has 0 atom stereocenters. The van der Waals surface area contributed by atoms with Crippen LogP contribution in [0, 0.1) is 0 Å². The van der Waals surface area contributed by atoms with E-state index < -0.39 is 5.91 Å². The van der Waals surface area contributed by atoms with Crippen LogP contribution in [-0.2, 0) is 0 Å². The highest BCUT2D eigenvalue weighted by atomic mass is 79.9. The molecule has 0 saturated carbocycles. The van der Waals surface area contributed by atoms with Crippen LogP contribution >= 0.6 is 39.1 Å². The van der Waals surface area contributed by atoms with Crippen LogP contribution in [0.3, 0.4) is 0 Å². The molecule has 2 N–H and O–H groups in total. The molecule has 0 unspecified atom stereocenters. The Balaban J connectivity index is 2.28. The molecular formula is C13H8BrCl2NO2. The average molecular weight is 361 g/mol. The summed E-state index contributed by atoms with van der Waals surface area (Å²) >= 11 is 15.0. The first-order valence-corrected chi connectivity index (χ1v) is 6.76. The van der Waals surface area contributed by atoms with Crippen LogP contribution in [0.15, 0.2) is 40.9 Å². The van der Waals surface area contributed by atoms with Crippen molar-refractivity contribution in [2.24, 2.45) is 0 Å². The lowest BCUT2D eigenvalue weighted by Crippen LogP contribution is -2.12. The molecule has 0 bridgehead atoms. The smallest absolute Gasteiger partial charge is 0.259 e. The second-order valence-corrected chi connectivity index (χ2v) is 5.56. The molecule has 0 spiro atoms. The van der Waals surface area contributed by atoms with E-state index in [1.54, 1.807) is 18.2 Å². The standard InChI is InChI=1S/C13H8BrCl2NO2/c14-7-3-9(16)5-10(4-7)17-13(19)11-6-8(15)1-2-12(11)18/h1-6,18H,(H,17,19). The SMILES string of the molecule is O=C(Nc1cc(Cl)cc(Br)c1)c1cc(Cl)ccc1O. The van der Waals surface area contributed by atoms with Gasteiger partial charge in [0.1, 0.15) is 5.75 Å². The van der Waals surface area contributed by atoms with Gasteiger partial charge in [0.2, 0.25) is 0 Å². The molecule has 2 aromatic rings. The first kappa shape index (κ1) is 14.2. The normalized spacial score (nSPS) is 10.3. The average Bonchev–Trinajstić information content (AvgIpc) is 2.30. The number of carbonyl (C=O) groups is 1. The number of rotatable bonds is 2. The topological polar surface area (TPSA) is 49.3 Å². The molecular weight excluding hydrogens is 353 g/mol. The number of halogens is 3. The first-order chi connectivity index (χ1) is 8.95. The van der Waals surface area contributed by atoms with Gasteiger partial charge in [0.05, 0.1) is 5.56 Å². The summed E-state index contributed by atoms with van der Waals surface area (Å²) in [5.41, 5.74) is 0.618. The Hall–Kier alpha value is -1.23. The summed E-state index contributed by atoms with van der Waals surface area (Å²) in [6, 6.07) is 9.27. The van der Waals surface area contributed by atoms with Crippen LogP contribution in [0.5, 0.6) is 5.75 Å². The van der Waals surface area contributed by atoms with Crippen LogP contribution in [0.2, 0.25) is 10.0 Å². The quantitative estimate of drug-likeness (QED) is 0.814. The summed E-state index contributed by atoms with van der Waals surface area (Å²) in [5.74, 6) is -0.600. The van der Waals surface area contributed by atoms with Gasteiger partial charge in [-0.05, 0) is 36.4 Å². The molecule has 0 saturated heterocycles. The van der Waals surface area contributed by atoms with Crippen LogP contribution < -0.4 is 5.32 Å². The van der Waals surface area contributed by atoms with E-state index in [1.807, 2.05) is 0 Å².